The van der Waals surface area contributed by atoms with Crippen LogP contribution in [0.1, 0.15) is 26.6 Å². The number of carbonyl (C=O) groups excluding carboxylic acids is 1. The summed E-state index contributed by atoms with van der Waals surface area (Å²) in [5.41, 5.74) is 3.05. The molecule has 0 saturated carbocycles. The molecule has 1 amide bonds. The molecular weight excluding hydrogens is 420 g/mol. The molecule has 0 saturated heterocycles. The molecule has 0 aliphatic rings. The van der Waals surface area contributed by atoms with Crippen LogP contribution in [0.5, 0.6) is 0 Å². The first-order valence-corrected chi connectivity index (χ1v) is 10.7. The zero-order chi connectivity index (χ0) is 21.1. The molecule has 2 aromatic heterocycles. The lowest BCUT2D eigenvalue weighted by Crippen LogP contribution is -2.11. The summed E-state index contributed by atoms with van der Waals surface area (Å²) in [5, 5.41) is 17.1. The lowest BCUT2D eigenvalue weighted by atomic mass is 10.1. The van der Waals surface area contributed by atoms with Gasteiger partial charge in [0.1, 0.15) is 0 Å². The quantitative estimate of drug-likeness (QED) is 0.325. The van der Waals surface area contributed by atoms with Crippen molar-refractivity contribution in [1.29, 1.82) is 0 Å². The first kappa shape index (κ1) is 19.9. The molecule has 150 valence electrons. The predicted octanol–water partition coefficient (Wildman–Crippen LogP) is 5.33. The fourth-order valence-corrected chi connectivity index (χ4v) is 4.71. The van der Waals surface area contributed by atoms with Crippen LogP contribution < -0.4 is 5.32 Å². The Morgan fingerprint density at radius 1 is 1.13 bits per heavy atom. The van der Waals surface area contributed by atoms with Crippen LogP contribution in [0, 0.1) is 17.0 Å². The zero-order valence-corrected chi connectivity index (χ0v) is 17.5. The molecule has 7 nitrogen and oxygen atoms in total. The van der Waals surface area contributed by atoms with Gasteiger partial charge in [-0.15, -0.1) is 11.3 Å². The molecule has 0 radical (unpaired) electrons. The van der Waals surface area contributed by atoms with Crippen LogP contribution in [0.4, 0.5) is 10.8 Å². The third-order valence-corrected chi connectivity index (χ3v) is 6.26. The maximum absolute atomic E-state index is 12.3. The van der Waals surface area contributed by atoms with Crippen molar-refractivity contribution in [1.82, 2.24) is 9.97 Å². The molecule has 2 heterocycles. The number of hydrogen-bond acceptors (Lipinski definition) is 7. The van der Waals surface area contributed by atoms with Gasteiger partial charge in [0.25, 0.3) is 11.6 Å². The lowest BCUT2D eigenvalue weighted by Gasteiger charge is -2.00. The topological polar surface area (TPSA) is 98.0 Å². The Hall–Kier alpha value is -3.43. The van der Waals surface area contributed by atoms with Gasteiger partial charge in [-0.25, -0.2) is 9.97 Å². The second kappa shape index (κ2) is 8.52. The van der Waals surface area contributed by atoms with Gasteiger partial charge >= 0.3 is 0 Å². The van der Waals surface area contributed by atoms with E-state index in [0.29, 0.717) is 17.1 Å². The van der Waals surface area contributed by atoms with E-state index in [2.05, 4.69) is 15.3 Å². The summed E-state index contributed by atoms with van der Waals surface area (Å²) in [6.07, 6.45) is 0.516. The number of aryl methyl sites for hydroxylation is 1. The highest BCUT2D eigenvalue weighted by Crippen LogP contribution is 2.34. The van der Waals surface area contributed by atoms with Crippen molar-refractivity contribution < 1.29 is 9.72 Å². The number of amides is 1. The number of nitro groups is 1. The van der Waals surface area contributed by atoms with Gasteiger partial charge < -0.3 is 0 Å². The summed E-state index contributed by atoms with van der Waals surface area (Å²) in [6, 6.07) is 15.5. The molecule has 1 N–H and O–H groups in total. The number of nitrogens with zero attached hydrogens (tertiary/aromatic N) is 3. The highest BCUT2D eigenvalue weighted by molar-refractivity contribution is 7.19. The third-order valence-electron chi connectivity index (χ3n) is 4.31. The highest BCUT2D eigenvalue weighted by atomic mass is 32.1. The molecule has 4 aromatic rings. The number of rotatable bonds is 6. The van der Waals surface area contributed by atoms with Gasteiger partial charge in [0.15, 0.2) is 5.13 Å². The van der Waals surface area contributed by atoms with Crippen molar-refractivity contribution in [2.24, 2.45) is 0 Å². The van der Waals surface area contributed by atoms with E-state index < -0.39 is 4.92 Å². The average Bonchev–Trinajstić information content (AvgIpc) is 3.35. The first-order chi connectivity index (χ1) is 14.5. The summed E-state index contributed by atoms with van der Waals surface area (Å²) >= 11 is 2.87. The molecule has 0 unspecified atom stereocenters. The zero-order valence-electron chi connectivity index (χ0n) is 15.9. The summed E-state index contributed by atoms with van der Waals surface area (Å²) in [5.74, 6) is -0.208. The van der Waals surface area contributed by atoms with Crippen molar-refractivity contribution in [2.75, 3.05) is 5.32 Å². The normalized spacial score (nSPS) is 10.7. The summed E-state index contributed by atoms with van der Waals surface area (Å²) in [4.78, 5) is 32.9. The molecule has 0 aliphatic heterocycles. The SMILES string of the molecule is Cc1nc(NC(=O)c2ccccc2)sc1-c1csc(Cc2cccc([N+](=O)[O-])c2)n1. The Balaban J connectivity index is 1.50. The van der Waals surface area contributed by atoms with Crippen LogP contribution in [0.2, 0.25) is 0 Å². The number of anilines is 1. The molecule has 30 heavy (non-hydrogen) atoms. The Kier molecular flexibility index (Phi) is 5.64. The largest absolute Gasteiger partial charge is 0.298 e. The molecule has 0 aliphatic carbocycles. The third kappa shape index (κ3) is 4.42. The average molecular weight is 437 g/mol. The van der Waals surface area contributed by atoms with Gasteiger partial charge in [-0.1, -0.05) is 41.7 Å². The maximum Gasteiger partial charge on any atom is 0.269 e. The molecule has 0 bridgehead atoms. The van der Waals surface area contributed by atoms with E-state index in [9.17, 15) is 14.9 Å². The van der Waals surface area contributed by atoms with Gasteiger partial charge in [-0.05, 0) is 24.6 Å². The van der Waals surface area contributed by atoms with Crippen molar-refractivity contribution in [3.05, 3.63) is 91.9 Å². The summed E-state index contributed by atoms with van der Waals surface area (Å²) in [6.45, 7) is 1.88. The number of non-ortho nitro benzene ring substituents is 1. The molecule has 4 rings (SSSR count). The minimum Gasteiger partial charge on any atom is -0.298 e. The van der Waals surface area contributed by atoms with E-state index in [4.69, 9.17) is 0 Å². The van der Waals surface area contributed by atoms with Crippen LogP contribution in [0.3, 0.4) is 0 Å². The molecular formula is C21H16N4O3S2. The van der Waals surface area contributed by atoms with Gasteiger partial charge in [-0.2, -0.15) is 0 Å². The Morgan fingerprint density at radius 2 is 1.93 bits per heavy atom. The number of thiazole rings is 2. The van der Waals surface area contributed by atoms with E-state index in [1.807, 2.05) is 36.6 Å². The Labute approximate surface area is 180 Å². The first-order valence-electron chi connectivity index (χ1n) is 9.01. The van der Waals surface area contributed by atoms with Crippen molar-refractivity contribution in [3.8, 4) is 10.6 Å². The molecule has 9 heteroatoms. The van der Waals surface area contributed by atoms with Gasteiger partial charge in [0, 0.05) is 29.5 Å². The Bertz CT molecular complexity index is 1220. The van der Waals surface area contributed by atoms with E-state index in [-0.39, 0.29) is 11.6 Å². The highest BCUT2D eigenvalue weighted by Gasteiger charge is 2.16. The Morgan fingerprint density at radius 3 is 2.70 bits per heavy atom. The number of carbonyl (C=O) groups is 1. The number of hydrogen-bond donors (Lipinski definition) is 1. The molecule has 2 aromatic carbocycles. The molecule has 0 spiro atoms. The van der Waals surface area contributed by atoms with Crippen LogP contribution in [0.25, 0.3) is 10.6 Å². The van der Waals surface area contributed by atoms with E-state index >= 15 is 0 Å². The van der Waals surface area contributed by atoms with Crippen molar-refractivity contribution >= 4 is 39.4 Å². The van der Waals surface area contributed by atoms with E-state index in [0.717, 1.165) is 26.8 Å². The van der Waals surface area contributed by atoms with E-state index in [1.165, 1.54) is 28.7 Å². The minimum atomic E-state index is -0.400. The van der Waals surface area contributed by atoms with Crippen LogP contribution in [-0.4, -0.2) is 20.8 Å². The molecule has 0 atom stereocenters. The predicted molar refractivity (Wildman–Crippen MR) is 118 cm³/mol. The van der Waals surface area contributed by atoms with Crippen molar-refractivity contribution in [3.63, 3.8) is 0 Å². The van der Waals surface area contributed by atoms with Crippen LogP contribution in [0.15, 0.2) is 60.0 Å². The minimum absolute atomic E-state index is 0.0707. The fraction of sp³-hybridized carbons (Fsp3) is 0.0952. The smallest absolute Gasteiger partial charge is 0.269 e. The molecule has 0 fully saturated rings. The summed E-state index contributed by atoms with van der Waals surface area (Å²) in [7, 11) is 0. The number of aromatic nitrogens is 2. The second-order valence-electron chi connectivity index (χ2n) is 6.48. The second-order valence-corrected chi connectivity index (χ2v) is 8.43. The maximum atomic E-state index is 12.3. The van der Waals surface area contributed by atoms with Gasteiger partial charge in [-0.3, -0.25) is 20.2 Å². The number of nitrogens with one attached hydrogen (secondary N) is 1. The van der Waals surface area contributed by atoms with Crippen LogP contribution >= 0.6 is 22.7 Å². The summed E-state index contributed by atoms with van der Waals surface area (Å²) < 4.78 is 0. The number of nitro benzene ring substituents is 1. The monoisotopic (exact) mass is 436 g/mol. The van der Waals surface area contributed by atoms with E-state index in [1.54, 1.807) is 24.3 Å². The van der Waals surface area contributed by atoms with Crippen LogP contribution in [-0.2, 0) is 6.42 Å². The number of benzene rings is 2. The van der Waals surface area contributed by atoms with Gasteiger partial charge in [0.05, 0.1) is 26.2 Å². The van der Waals surface area contributed by atoms with Gasteiger partial charge in [0.2, 0.25) is 0 Å². The lowest BCUT2D eigenvalue weighted by molar-refractivity contribution is -0.384. The fourth-order valence-electron chi connectivity index (χ4n) is 2.90. The van der Waals surface area contributed by atoms with Crippen molar-refractivity contribution in [2.45, 2.75) is 13.3 Å². The standard InChI is InChI=1S/C21H16N4O3S2/c1-13-19(30-21(22-13)24-20(26)15-7-3-2-4-8-15)17-12-29-18(23-17)11-14-6-5-9-16(10-14)25(27)28/h2-10,12H,11H2,1H3,(H,22,24,26).